The van der Waals surface area contributed by atoms with Gasteiger partial charge in [-0.15, -0.1) is 0 Å². The number of rotatable bonds is 6. The molecule has 25 heavy (non-hydrogen) atoms. The molecule has 6 heteroatoms. The van der Waals surface area contributed by atoms with E-state index in [4.69, 9.17) is 9.47 Å². The van der Waals surface area contributed by atoms with Gasteiger partial charge in [0.05, 0.1) is 17.6 Å². The van der Waals surface area contributed by atoms with Crippen molar-refractivity contribution in [2.75, 3.05) is 11.9 Å². The molecule has 0 radical (unpaired) electrons. The first kappa shape index (κ1) is 18.7. The van der Waals surface area contributed by atoms with E-state index in [2.05, 4.69) is 5.32 Å². The first-order valence-electron chi connectivity index (χ1n) is 8.38. The summed E-state index contributed by atoms with van der Waals surface area (Å²) < 4.78 is 10.2. The largest absolute Gasteiger partial charge is 0.459 e. The molecule has 6 nitrogen and oxygen atoms in total. The zero-order valence-electron chi connectivity index (χ0n) is 14.5. The second-order valence-corrected chi connectivity index (χ2v) is 6.17. The van der Waals surface area contributed by atoms with Crippen molar-refractivity contribution in [1.29, 1.82) is 0 Å². The van der Waals surface area contributed by atoms with Crippen LogP contribution in [-0.2, 0) is 19.1 Å². The molecular formula is C19H23NO5. The van der Waals surface area contributed by atoms with E-state index in [0.29, 0.717) is 17.7 Å². The lowest BCUT2D eigenvalue weighted by molar-refractivity contribution is -0.151. The van der Waals surface area contributed by atoms with Crippen molar-refractivity contribution in [3.8, 4) is 0 Å². The highest BCUT2D eigenvalue weighted by Gasteiger charge is 2.21. The molecule has 0 heterocycles. The summed E-state index contributed by atoms with van der Waals surface area (Å²) in [4.78, 5) is 35.5. The third-order valence-corrected chi connectivity index (χ3v) is 3.70. The zero-order chi connectivity index (χ0) is 18.2. The van der Waals surface area contributed by atoms with Gasteiger partial charge in [-0.1, -0.05) is 12.2 Å². The predicted octanol–water partition coefficient (Wildman–Crippen LogP) is 3.09. The Morgan fingerprint density at radius 1 is 1.16 bits per heavy atom. The fourth-order valence-electron chi connectivity index (χ4n) is 2.43. The van der Waals surface area contributed by atoms with Crippen molar-refractivity contribution in [1.82, 2.24) is 0 Å². The van der Waals surface area contributed by atoms with Gasteiger partial charge in [-0.2, -0.15) is 0 Å². The van der Waals surface area contributed by atoms with Crippen molar-refractivity contribution < 1.29 is 23.9 Å². The molecule has 1 aromatic carbocycles. The Balaban J connectivity index is 1.79. The molecule has 1 atom stereocenters. The Morgan fingerprint density at radius 3 is 2.48 bits per heavy atom. The topological polar surface area (TPSA) is 81.7 Å². The van der Waals surface area contributed by atoms with Crippen LogP contribution in [0.15, 0.2) is 36.4 Å². The molecule has 1 aliphatic carbocycles. The van der Waals surface area contributed by atoms with E-state index in [9.17, 15) is 14.4 Å². The van der Waals surface area contributed by atoms with Crippen LogP contribution in [0.5, 0.6) is 0 Å². The number of carbonyl (C=O) groups excluding carboxylic acids is 3. The molecule has 1 N–H and O–H groups in total. The van der Waals surface area contributed by atoms with Gasteiger partial charge in [0.25, 0.3) is 5.91 Å². The Morgan fingerprint density at radius 2 is 1.88 bits per heavy atom. The number of hydrogen-bond donors (Lipinski definition) is 1. The lowest BCUT2D eigenvalue weighted by atomic mass is 9.95. The maximum absolute atomic E-state index is 11.9. The van der Waals surface area contributed by atoms with Gasteiger partial charge in [-0.05, 0) is 57.4 Å². The number of anilines is 1. The molecule has 2 rings (SSSR count). The summed E-state index contributed by atoms with van der Waals surface area (Å²) in [5.74, 6) is -1.34. The molecule has 0 fully saturated rings. The Hall–Kier alpha value is -2.63. The molecule has 0 saturated carbocycles. The minimum atomic E-state index is -0.419. The maximum atomic E-state index is 11.9. The molecule has 1 amide bonds. The Kier molecular flexibility index (Phi) is 6.74. The van der Waals surface area contributed by atoms with Crippen molar-refractivity contribution in [2.24, 2.45) is 5.92 Å². The quantitative estimate of drug-likeness (QED) is 0.633. The first-order chi connectivity index (χ1) is 12.0. The van der Waals surface area contributed by atoms with Crippen LogP contribution in [0.1, 0.15) is 43.5 Å². The van der Waals surface area contributed by atoms with Crippen LogP contribution in [0.4, 0.5) is 5.69 Å². The molecule has 0 saturated heterocycles. The second kappa shape index (κ2) is 9.01. The molecule has 0 aliphatic heterocycles. The van der Waals surface area contributed by atoms with Gasteiger partial charge in [-0.3, -0.25) is 9.59 Å². The number of nitrogens with one attached hydrogen (secondary N) is 1. The fraction of sp³-hybridized carbons (Fsp3) is 0.421. The molecule has 0 aromatic heterocycles. The monoisotopic (exact) mass is 345 g/mol. The summed E-state index contributed by atoms with van der Waals surface area (Å²) in [7, 11) is 0. The Labute approximate surface area is 147 Å². The third-order valence-electron chi connectivity index (χ3n) is 3.70. The molecule has 1 aromatic rings. The number of carbonyl (C=O) groups is 3. The van der Waals surface area contributed by atoms with E-state index in [1.165, 1.54) is 0 Å². The molecule has 0 bridgehead atoms. The average molecular weight is 345 g/mol. The standard InChI is InChI=1S/C19H23NO5/c1-13(2)25-19(23)15-8-10-16(11-9-15)20-17(21)12-24-18(22)14-6-4-3-5-7-14/h3-4,8-11,13-14H,5-7,12H2,1-2H3,(H,20,21)/t14-/m0/s1. The normalized spacial score (nSPS) is 16.4. The number of amides is 1. The van der Waals surface area contributed by atoms with Crippen molar-refractivity contribution in [2.45, 2.75) is 39.2 Å². The molecule has 1 aliphatic rings. The predicted molar refractivity (Wildman–Crippen MR) is 93.1 cm³/mol. The number of ether oxygens (including phenoxy) is 2. The number of hydrogen-bond acceptors (Lipinski definition) is 5. The van der Waals surface area contributed by atoms with E-state index in [0.717, 1.165) is 12.8 Å². The third kappa shape index (κ3) is 6.06. The summed E-state index contributed by atoms with van der Waals surface area (Å²) in [6, 6.07) is 6.34. The smallest absolute Gasteiger partial charge is 0.338 e. The van der Waals surface area contributed by atoms with E-state index in [-0.39, 0.29) is 24.6 Å². The minimum absolute atomic E-state index is 0.163. The lowest BCUT2D eigenvalue weighted by Crippen LogP contribution is -2.25. The number of esters is 2. The van der Waals surface area contributed by atoms with Gasteiger partial charge in [-0.25, -0.2) is 4.79 Å². The fourth-order valence-corrected chi connectivity index (χ4v) is 2.43. The van der Waals surface area contributed by atoms with Crippen LogP contribution < -0.4 is 5.32 Å². The lowest BCUT2D eigenvalue weighted by Gasteiger charge is -2.16. The second-order valence-electron chi connectivity index (χ2n) is 6.17. The van der Waals surface area contributed by atoms with Crippen LogP contribution in [0, 0.1) is 5.92 Å². The van der Waals surface area contributed by atoms with Crippen molar-refractivity contribution in [3.05, 3.63) is 42.0 Å². The molecule has 0 spiro atoms. The zero-order valence-corrected chi connectivity index (χ0v) is 14.5. The highest BCUT2D eigenvalue weighted by atomic mass is 16.5. The average Bonchev–Trinajstić information content (AvgIpc) is 2.60. The van der Waals surface area contributed by atoms with Crippen molar-refractivity contribution >= 4 is 23.5 Å². The minimum Gasteiger partial charge on any atom is -0.459 e. The SMILES string of the molecule is CC(C)OC(=O)c1ccc(NC(=O)COC(=O)[C@H]2CC=CCC2)cc1. The maximum Gasteiger partial charge on any atom is 0.338 e. The molecule has 0 unspecified atom stereocenters. The van der Waals surface area contributed by atoms with E-state index in [1.807, 2.05) is 12.2 Å². The highest BCUT2D eigenvalue weighted by Crippen LogP contribution is 2.19. The summed E-state index contributed by atoms with van der Waals surface area (Å²) in [5.41, 5.74) is 0.922. The summed E-state index contributed by atoms with van der Waals surface area (Å²) in [6.07, 6.45) is 6.08. The van der Waals surface area contributed by atoms with Crippen LogP contribution in [0.25, 0.3) is 0 Å². The summed E-state index contributed by atoms with van der Waals surface area (Å²) in [6.45, 7) is 3.23. The molecule has 134 valence electrons. The van der Waals surface area contributed by atoms with Crippen LogP contribution in [0.3, 0.4) is 0 Å². The van der Waals surface area contributed by atoms with Gasteiger partial charge in [0.2, 0.25) is 0 Å². The van der Waals surface area contributed by atoms with E-state index < -0.39 is 11.9 Å². The number of allylic oxidation sites excluding steroid dienone is 2. The summed E-state index contributed by atoms with van der Waals surface area (Å²) >= 11 is 0. The van der Waals surface area contributed by atoms with Crippen molar-refractivity contribution in [3.63, 3.8) is 0 Å². The van der Waals surface area contributed by atoms with Gasteiger partial charge >= 0.3 is 11.9 Å². The van der Waals surface area contributed by atoms with E-state index >= 15 is 0 Å². The van der Waals surface area contributed by atoms with E-state index in [1.54, 1.807) is 38.1 Å². The first-order valence-corrected chi connectivity index (χ1v) is 8.38. The van der Waals surface area contributed by atoms with Gasteiger partial charge in [0.15, 0.2) is 6.61 Å². The Bertz CT molecular complexity index is 648. The van der Waals surface area contributed by atoms with Crippen LogP contribution >= 0.6 is 0 Å². The van der Waals surface area contributed by atoms with Gasteiger partial charge in [0, 0.05) is 5.69 Å². The number of benzene rings is 1. The highest BCUT2D eigenvalue weighted by molar-refractivity contribution is 5.94. The van der Waals surface area contributed by atoms with Gasteiger partial charge < -0.3 is 14.8 Å². The molecular weight excluding hydrogens is 322 g/mol. The van der Waals surface area contributed by atoms with Gasteiger partial charge in [0.1, 0.15) is 0 Å². The summed E-state index contributed by atoms with van der Waals surface area (Å²) in [5, 5.41) is 2.62. The van der Waals surface area contributed by atoms with Crippen LogP contribution in [-0.4, -0.2) is 30.6 Å². The van der Waals surface area contributed by atoms with Crippen LogP contribution in [0.2, 0.25) is 0 Å².